The molecule has 1 heterocycles. The van der Waals surface area contributed by atoms with E-state index in [1.807, 2.05) is 0 Å². The van der Waals surface area contributed by atoms with E-state index >= 15 is 0 Å². The van der Waals surface area contributed by atoms with E-state index in [-0.39, 0.29) is 25.0 Å². The van der Waals surface area contributed by atoms with E-state index in [0.717, 1.165) is 0 Å². The van der Waals surface area contributed by atoms with Crippen LogP contribution in [-0.2, 0) is 14.4 Å². The van der Waals surface area contributed by atoms with Crippen LogP contribution in [0, 0.1) is 0 Å². The van der Waals surface area contributed by atoms with Crippen molar-refractivity contribution in [2.45, 2.75) is 6.04 Å². The normalized spacial score (nSPS) is 23.0. The van der Waals surface area contributed by atoms with Gasteiger partial charge in [0.15, 0.2) is 0 Å². The number of amides is 2. The molecule has 11 heavy (non-hydrogen) atoms. The standard InChI is InChI=1S/C5H9N3O3/c6-1-4(9)7-3-2-11-8-5(3)10/h3H,1-2,6H2,(H,7,9)(H,8,10)/t3-/m1/s1. The van der Waals surface area contributed by atoms with Gasteiger partial charge in [-0.15, -0.1) is 0 Å². The van der Waals surface area contributed by atoms with Gasteiger partial charge in [-0.3, -0.25) is 14.4 Å². The zero-order chi connectivity index (χ0) is 8.27. The molecule has 0 unspecified atom stereocenters. The summed E-state index contributed by atoms with van der Waals surface area (Å²) in [6, 6.07) is -0.592. The molecular weight excluding hydrogens is 150 g/mol. The van der Waals surface area contributed by atoms with E-state index in [4.69, 9.17) is 5.73 Å². The van der Waals surface area contributed by atoms with Crippen LogP contribution in [-0.4, -0.2) is 31.0 Å². The maximum absolute atomic E-state index is 10.7. The van der Waals surface area contributed by atoms with Crippen molar-refractivity contribution in [2.75, 3.05) is 13.2 Å². The molecule has 1 saturated heterocycles. The number of hydrogen-bond acceptors (Lipinski definition) is 4. The lowest BCUT2D eigenvalue weighted by molar-refractivity contribution is -0.128. The summed E-state index contributed by atoms with van der Waals surface area (Å²) in [6.45, 7) is 0.0361. The van der Waals surface area contributed by atoms with Crippen LogP contribution in [0.15, 0.2) is 0 Å². The predicted molar refractivity (Wildman–Crippen MR) is 35.1 cm³/mol. The van der Waals surface area contributed by atoms with Crippen molar-refractivity contribution in [1.82, 2.24) is 10.8 Å². The summed E-state index contributed by atoms with van der Waals surface area (Å²) in [5.41, 5.74) is 7.12. The molecule has 0 spiro atoms. The Labute approximate surface area is 63.0 Å². The molecular formula is C5H9N3O3. The SMILES string of the molecule is NCC(=O)N[C@@H]1CONC1=O. The minimum absolute atomic E-state index is 0.121. The number of nitrogens with one attached hydrogen (secondary N) is 2. The van der Waals surface area contributed by atoms with Crippen molar-refractivity contribution < 1.29 is 14.4 Å². The van der Waals surface area contributed by atoms with Crippen LogP contribution in [0.25, 0.3) is 0 Å². The molecule has 1 aliphatic heterocycles. The van der Waals surface area contributed by atoms with E-state index < -0.39 is 6.04 Å². The van der Waals surface area contributed by atoms with E-state index in [2.05, 4.69) is 15.6 Å². The van der Waals surface area contributed by atoms with Crippen LogP contribution in [0.4, 0.5) is 0 Å². The summed E-state index contributed by atoms with van der Waals surface area (Å²) in [6.07, 6.45) is 0. The molecule has 0 aromatic rings. The first-order chi connectivity index (χ1) is 5.24. The van der Waals surface area contributed by atoms with Crippen LogP contribution in [0.2, 0.25) is 0 Å². The summed E-state index contributed by atoms with van der Waals surface area (Å²) in [5.74, 6) is -0.706. The fraction of sp³-hybridized carbons (Fsp3) is 0.600. The minimum Gasteiger partial charge on any atom is -0.341 e. The van der Waals surface area contributed by atoms with Crippen LogP contribution in [0.1, 0.15) is 0 Å². The molecule has 0 radical (unpaired) electrons. The van der Waals surface area contributed by atoms with Crippen LogP contribution in [0.5, 0.6) is 0 Å². The molecule has 1 atom stereocenters. The molecule has 2 amide bonds. The largest absolute Gasteiger partial charge is 0.341 e. The maximum Gasteiger partial charge on any atom is 0.268 e. The summed E-state index contributed by atoms with van der Waals surface area (Å²) in [5, 5.41) is 2.38. The minimum atomic E-state index is -0.592. The Morgan fingerprint density at radius 1 is 1.91 bits per heavy atom. The summed E-state index contributed by atoms with van der Waals surface area (Å²) in [7, 11) is 0. The van der Waals surface area contributed by atoms with Gasteiger partial charge < -0.3 is 11.1 Å². The van der Waals surface area contributed by atoms with Crippen molar-refractivity contribution in [3.8, 4) is 0 Å². The Hall–Kier alpha value is -1.14. The molecule has 1 aliphatic rings. The molecule has 1 rings (SSSR count). The third kappa shape index (κ3) is 1.89. The van der Waals surface area contributed by atoms with Crippen molar-refractivity contribution in [3.05, 3.63) is 0 Å². The number of carbonyl (C=O) groups is 2. The van der Waals surface area contributed by atoms with Crippen molar-refractivity contribution in [3.63, 3.8) is 0 Å². The molecule has 1 fully saturated rings. The second kappa shape index (κ2) is 3.31. The number of hydroxylamine groups is 1. The zero-order valence-corrected chi connectivity index (χ0v) is 5.79. The highest BCUT2D eigenvalue weighted by atomic mass is 16.7. The van der Waals surface area contributed by atoms with Crippen molar-refractivity contribution in [1.29, 1.82) is 0 Å². The van der Waals surface area contributed by atoms with Crippen LogP contribution >= 0.6 is 0 Å². The molecule has 0 bridgehead atoms. The quantitative estimate of drug-likeness (QED) is 0.415. The smallest absolute Gasteiger partial charge is 0.268 e. The summed E-state index contributed by atoms with van der Waals surface area (Å²) >= 11 is 0. The maximum atomic E-state index is 10.7. The summed E-state index contributed by atoms with van der Waals surface area (Å²) < 4.78 is 0. The monoisotopic (exact) mass is 159 g/mol. The molecule has 6 heteroatoms. The van der Waals surface area contributed by atoms with Crippen LogP contribution < -0.4 is 16.5 Å². The Kier molecular flexibility index (Phi) is 2.40. The van der Waals surface area contributed by atoms with Gasteiger partial charge in [0.25, 0.3) is 5.91 Å². The zero-order valence-electron chi connectivity index (χ0n) is 5.79. The van der Waals surface area contributed by atoms with Gasteiger partial charge in [-0.2, -0.15) is 0 Å². The highest BCUT2D eigenvalue weighted by Gasteiger charge is 2.26. The highest BCUT2D eigenvalue weighted by Crippen LogP contribution is 1.92. The predicted octanol–water partition coefficient (Wildman–Crippen LogP) is -2.51. The number of nitrogens with two attached hydrogens (primary N) is 1. The molecule has 4 N–H and O–H groups in total. The first-order valence-electron chi connectivity index (χ1n) is 3.15. The van der Waals surface area contributed by atoms with Crippen molar-refractivity contribution in [2.24, 2.45) is 5.73 Å². The first kappa shape index (κ1) is 7.96. The van der Waals surface area contributed by atoms with Crippen LogP contribution in [0.3, 0.4) is 0 Å². The fourth-order valence-corrected chi connectivity index (χ4v) is 0.703. The van der Waals surface area contributed by atoms with E-state index in [9.17, 15) is 9.59 Å². The molecule has 0 aromatic heterocycles. The molecule has 6 nitrogen and oxygen atoms in total. The van der Waals surface area contributed by atoms with Gasteiger partial charge >= 0.3 is 0 Å². The fourth-order valence-electron chi connectivity index (χ4n) is 0.703. The van der Waals surface area contributed by atoms with Gasteiger partial charge in [-0.05, 0) is 0 Å². The summed E-state index contributed by atoms with van der Waals surface area (Å²) in [4.78, 5) is 25.9. The van der Waals surface area contributed by atoms with Gasteiger partial charge in [0, 0.05) is 0 Å². The lowest BCUT2D eigenvalue weighted by Gasteiger charge is -2.05. The third-order valence-corrected chi connectivity index (χ3v) is 1.26. The van der Waals surface area contributed by atoms with E-state index in [1.165, 1.54) is 0 Å². The van der Waals surface area contributed by atoms with Gasteiger partial charge in [-0.25, -0.2) is 5.48 Å². The van der Waals surface area contributed by atoms with Gasteiger partial charge in [-0.1, -0.05) is 0 Å². The lowest BCUT2D eigenvalue weighted by atomic mass is 10.3. The number of rotatable bonds is 2. The average molecular weight is 159 g/mol. The molecule has 0 saturated carbocycles. The van der Waals surface area contributed by atoms with E-state index in [1.54, 1.807) is 0 Å². The van der Waals surface area contributed by atoms with Gasteiger partial charge in [0.05, 0.1) is 6.54 Å². The Morgan fingerprint density at radius 2 is 2.64 bits per heavy atom. The Balaban J connectivity index is 2.36. The van der Waals surface area contributed by atoms with Crippen molar-refractivity contribution >= 4 is 11.8 Å². The molecule has 0 aromatic carbocycles. The van der Waals surface area contributed by atoms with Gasteiger partial charge in [0.2, 0.25) is 5.91 Å². The molecule has 0 aliphatic carbocycles. The molecule has 62 valence electrons. The first-order valence-corrected chi connectivity index (χ1v) is 3.15. The Bertz CT molecular complexity index is 182. The lowest BCUT2D eigenvalue weighted by Crippen LogP contribution is -2.44. The topological polar surface area (TPSA) is 93.5 Å². The second-order valence-corrected chi connectivity index (χ2v) is 2.10. The number of carbonyl (C=O) groups excluding carboxylic acids is 2. The average Bonchev–Trinajstić information content (AvgIpc) is 2.37. The van der Waals surface area contributed by atoms with E-state index in [0.29, 0.717) is 0 Å². The Morgan fingerprint density at radius 3 is 3.09 bits per heavy atom. The second-order valence-electron chi connectivity index (χ2n) is 2.10. The van der Waals surface area contributed by atoms with Gasteiger partial charge in [0.1, 0.15) is 12.6 Å². The number of hydrogen-bond donors (Lipinski definition) is 3. The third-order valence-electron chi connectivity index (χ3n) is 1.26. The highest BCUT2D eigenvalue weighted by molar-refractivity contribution is 5.88.